The molecule has 1 N–H and O–H groups in total. The van der Waals surface area contributed by atoms with E-state index in [-0.39, 0.29) is 42.2 Å². The van der Waals surface area contributed by atoms with E-state index in [0.717, 1.165) is 78.2 Å². The maximum absolute atomic E-state index is 14.9. The summed E-state index contributed by atoms with van der Waals surface area (Å²) in [5.74, 6) is -0.224. The summed E-state index contributed by atoms with van der Waals surface area (Å²) in [7, 11) is -4.18. The Morgan fingerprint density at radius 1 is 0.979 bits per heavy atom. The van der Waals surface area contributed by atoms with Crippen LogP contribution in [0.1, 0.15) is 119 Å². The number of fused-ring (bicyclic) bond motifs is 1. The summed E-state index contributed by atoms with van der Waals surface area (Å²) < 4.78 is 20.7. The van der Waals surface area contributed by atoms with Gasteiger partial charge in [-0.25, -0.2) is 4.98 Å². The predicted molar refractivity (Wildman–Crippen MR) is 205 cm³/mol. The van der Waals surface area contributed by atoms with Gasteiger partial charge in [0.25, 0.3) is 0 Å². The van der Waals surface area contributed by atoms with Gasteiger partial charge >= 0.3 is 5.97 Å². The molecule has 1 aromatic rings. The Balaban J connectivity index is 2.05. The molecule has 0 aliphatic carbocycles. The molecule has 3 rings (SSSR count). The summed E-state index contributed by atoms with van der Waals surface area (Å²) in [6.45, 7) is 25.8. The first-order chi connectivity index (χ1) is 22.6. The third-order valence-corrected chi connectivity index (χ3v) is 22.2. The standard InChI is InChI=1S/C38H68N2O5SSi2/c1-13-47(14-2,15-3)44-34-24-35(41)43-33(27(8)22-30-25-46-29(10)39-30)23-32-31(40-32)21-19-20-26(7)36(28(9)37(42)38(34,11)12)45-48(16-4,17-5)18-6/h22,25-26,28,31-34,36,40H,13-21,23-24H2,1-12H3/t26-,28+,31?,32?,33-,34-,36-/m0/s1. The summed E-state index contributed by atoms with van der Waals surface area (Å²) in [6.07, 6.45) is 4.90. The number of rotatable bonds is 12. The molecule has 2 aliphatic rings. The van der Waals surface area contributed by atoms with Gasteiger partial charge in [0, 0.05) is 35.2 Å². The molecule has 2 saturated heterocycles. The Kier molecular flexibility index (Phi) is 15.3. The Bertz CT molecular complexity index is 1210. The minimum Gasteiger partial charge on any atom is -0.458 e. The van der Waals surface area contributed by atoms with Crippen molar-refractivity contribution in [2.75, 3.05) is 0 Å². The molecule has 0 amide bonds. The molecule has 0 radical (unpaired) electrons. The molecular formula is C38H68N2O5SSi2. The van der Waals surface area contributed by atoms with Crippen molar-refractivity contribution in [3.05, 3.63) is 21.7 Å². The van der Waals surface area contributed by atoms with Gasteiger partial charge in [0.15, 0.2) is 16.6 Å². The summed E-state index contributed by atoms with van der Waals surface area (Å²) in [5, 5.41) is 6.74. The van der Waals surface area contributed by atoms with Crippen molar-refractivity contribution < 1.29 is 23.2 Å². The van der Waals surface area contributed by atoms with Crippen LogP contribution in [0.3, 0.4) is 0 Å². The summed E-state index contributed by atoms with van der Waals surface area (Å²) in [4.78, 5) is 33.5. The maximum Gasteiger partial charge on any atom is 0.309 e. The second kappa shape index (κ2) is 17.8. The summed E-state index contributed by atoms with van der Waals surface area (Å²) >= 11 is 1.62. The van der Waals surface area contributed by atoms with Gasteiger partial charge in [0.1, 0.15) is 11.9 Å². The molecule has 3 heterocycles. The number of nitrogens with one attached hydrogen (secondary N) is 1. The molecule has 2 unspecified atom stereocenters. The molecule has 0 aromatic carbocycles. The van der Waals surface area contributed by atoms with E-state index in [2.05, 4.69) is 71.8 Å². The molecule has 0 spiro atoms. The number of aryl methyl sites for hydroxylation is 1. The summed E-state index contributed by atoms with van der Waals surface area (Å²) in [6, 6.07) is 6.70. The summed E-state index contributed by atoms with van der Waals surface area (Å²) in [5.41, 5.74) is 0.995. The fourth-order valence-corrected chi connectivity index (χ4v) is 14.5. The van der Waals surface area contributed by atoms with Crippen LogP contribution in [-0.2, 0) is 23.2 Å². The van der Waals surface area contributed by atoms with E-state index >= 15 is 0 Å². The molecule has 7 nitrogen and oxygen atoms in total. The van der Waals surface area contributed by atoms with Gasteiger partial charge in [-0.05, 0) is 80.5 Å². The SMILES string of the molecule is CC[Si](CC)(CC)O[C@H]1[C@@H](C)CCCC2NC2C[C@@H](C(C)=Cc2csc(C)n2)OC(=O)C[C@H](O[Si](CC)(CC)CC)C(C)(C)C(=O)[C@@H]1C. The molecular weight excluding hydrogens is 653 g/mol. The average Bonchev–Trinajstić information content (AvgIpc) is 3.68. The van der Waals surface area contributed by atoms with Crippen LogP contribution in [0.4, 0.5) is 0 Å². The number of ether oxygens (including phenoxy) is 1. The lowest BCUT2D eigenvalue weighted by molar-refractivity contribution is -0.153. The number of carbonyl (C=O) groups is 2. The zero-order valence-electron chi connectivity index (χ0n) is 32.4. The first-order valence-electron chi connectivity index (χ1n) is 19.1. The van der Waals surface area contributed by atoms with Gasteiger partial charge in [-0.3, -0.25) is 9.59 Å². The third kappa shape index (κ3) is 10.2. The monoisotopic (exact) mass is 720 g/mol. The van der Waals surface area contributed by atoms with Crippen molar-refractivity contribution in [3.63, 3.8) is 0 Å². The number of carbonyl (C=O) groups excluding carboxylic acids is 2. The van der Waals surface area contributed by atoms with E-state index in [1.165, 1.54) is 0 Å². The lowest BCUT2D eigenvalue weighted by atomic mass is 9.73. The number of hydrogen-bond acceptors (Lipinski definition) is 8. The number of aromatic nitrogens is 1. The second-order valence-electron chi connectivity index (χ2n) is 15.4. The molecule has 2 aliphatic heterocycles. The third-order valence-electron chi connectivity index (χ3n) is 12.1. The van der Waals surface area contributed by atoms with Crippen LogP contribution in [0.25, 0.3) is 6.08 Å². The van der Waals surface area contributed by atoms with E-state index in [9.17, 15) is 9.59 Å². The number of hydrogen-bond donors (Lipinski definition) is 1. The van der Waals surface area contributed by atoms with Crippen LogP contribution in [0.15, 0.2) is 11.0 Å². The van der Waals surface area contributed by atoms with E-state index in [1.807, 2.05) is 33.1 Å². The quantitative estimate of drug-likeness (QED) is 0.130. The Labute approximate surface area is 299 Å². The van der Waals surface area contributed by atoms with E-state index < -0.39 is 28.2 Å². The molecule has 1 aromatic heterocycles. The first kappa shape index (κ1) is 41.2. The van der Waals surface area contributed by atoms with Gasteiger partial charge in [-0.15, -0.1) is 11.3 Å². The zero-order valence-corrected chi connectivity index (χ0v) is 35.2. The fraction of sp³-hybridized carbons (Fsp3) is 0.816. The normalized spacial score (nSPS) is 29.8. The largest absolute Gasteiger partial charge is 0.458 e. The lowest BCUT2D eigenvalue weighted by Crippen LogP contribution is -2.53. The number of Topliss-reactive ketones (excluding diaryl/α,β-unsaturated/α-hetero) is 1. The molecule has 0 bridgehead atoms. The molecule has 7 atom stereocenters. The smallest absolute Gasteiger partial charge is 0.309 e. The number of thiazole rings is 1. The van der Waals surface area contributed by atoms with Gasteiger partial charge in [0.05, 0.1) is 29.3 Å². The maximum atomic E-state index is 14.9. The molecule has 48 heavy (non-hydrogen) atoms. The average molecular weight is 721 g/mol. The van der Waals surface area contributed by atoms with E-state index in [4.69, 9.17) is 13.6 Å². The zero-order chi connectivity index (χ0) is 35.9. The van der Waals surface area contributed by atoms with Crippen molar-refractivity contribution in [1.29, 1.82) is 0 Å². The minimum absolute atomic E-state index is 0.0555. The number of esters is 1. The highest BCUT2D eigenvalue weighted by atomic mass is 32.1. The molecule has 2 fully saturated rings. The van der Waals surface area contributed by atoms with Crippen molar-refractivity contribution >= 4 is 45.8 Å². The Hall–Kier alpha value is -1.18. The highest BCUT2D eigenvalue weighted by Gasteiger charge is 2.49. The Morgan fingerprint density at radius 3 is 2.10 bits per heavy atom. The Morgan fingerprint density at radius 2 is 1.56 bits per heavy atom. The van der Waals surface area contributed by atoms with Crippen LogP contribution in [0.2, 0.25) is 36.3 Å². The number of ketones is 1. The highest BCUT2D eigenvalue weighted by Crippen LogP contribution is 2.40. The number of nitrogens with zero attached hydrogens (tertiary/aromatic N) is 1. The van der Waals surface area contributed by atoms with Crippen LogP contribution in [-0.4, -0.2) is 63.8 Å². The second-order valence-corrected chi connectivity index (χ2v) is 25.9. The van der Waals surface area contributed by atoms with Crippen molar-refractivity contribution in [2.45, 2.75) is 182 Å². The lowest BCUT2D eigenvalue weighted by Gasteiger charge is -2.44. The predicted octanol–water partition coefficient (Wildman–Crippen LogP) is 9.72. The van der Waals surface area contributed by atoms with E-state index in [1.54, 1.807) is 11.3 Å². The van der Waals surface area contributed by atoms with Crippen molar-refractivity contribution in [1.82, 2.24) is 10.3 Å². The van der Waals surface area contributed by atoms with Gasteiger partial charge in [-0.1, -0.05) is 75.7 Å². The van der Waals surface area contributed by atoms with Crippen molar-refractivity contribution in [3.8, 4) is 0 Å². The topological polar surface area (TPSA) is 96.7 Å². The molecule has 0 saturated carbocycles. The van der Waals surface area contributed by atoms with Gasteiger partial charge in [-0.2, -0.15) is 0 Å². The fourth-order valence-electron chi connectivity index (χ4n) is 7.89. The van der Waals surface area contributed by atoms with Crippen molar-refractivity contribution in [2.24, 2.45) is 17.3 Å². The van der Waals surface area contributed by atoms with E-state index in [0.29, 0.717) is 12.1 Å². The molecule has 10 heteroatoms. The highest BCUT2D eigenvalue weighted by molar-refractivity contribution is 7.09. The van der Waals surface area contributed by atoms with Crippen LogP contribution in [0, 0.1) is 24.2 Å². The van der Waals surface area contributed by atoms with Crippen LogP contribution in [0.5, 0.6) is 0 Å². The first-order valence-corrected chi connectivity index (χ1v) is 25.0. The van der Waals surface area contributed by atoms with Gasteiger partial charge in [0.2, 0.25) is 0 Å². The van der Waals surface area contributed by atoms with Gasteiger partial charge < -0.3 is 18.9 Å². The van der Waals surface area contributed by atoms with Crippen LogP contribution >= 0.6 is 11.3 Å². The number of cyclic esters (lactones) is 1. The minimum atomic E-state index is -2.19. The molecule has 274 valence electrons. The van der Waals surface area contributed by atoms with Crippen LogP contribution < -0.4 is 5.32 Å².